The predicted octanol–water partition coefficient (Wildman–Crippen LogP) is 3.29. The van der Waals surface area contributed by atoms with Gasteiger partial charge in [0.25, 0.3) is 11.5 Å². The number of anilines is 2. The molecule has 0 unspecified atom stereocenters. The van der Waals surface area contributed by atoms with Gasteiger partial charge in [0.15, 0.2) is 5.69 Å². The second-order valence-corrected chi connectivity index (χ2v) is 7.51. The zero-order valence-electron chi connectivity index (χ0n) is 13.4. The number of ether oxygens (including phenoxy) is 1. The summed E-state index contributed by atoms with van der Waals surface area (Å²) in [6, 6.07) is 4.38. The SMILES string of the molecule is O=C(NCOCC1CC1)c1n[nH]c(=O)c(Br)c1Nc1ccc(Br)cc1F. The van der Waals surface area contributed by atoms with Gasteiger partial charge in [-0.25, -0.2) is 9.49 Å². The van der Waals surface area contributed by atoms with Crippen LogP contribution in [0.5, 0.6) is 0 Å². The van der Waals surface area contributed by atoms with Gasteiger partial charge in [-0.15, -0.1) is 0 Å². The molecule has 10 heteroatoms. The monoisotopic (exact) mass is 488 g/mol. The molecule has 138 valence electrons. The van der Waals surface area contributed by atoms with Gasteiger partial charge < -0.3 is 15.4 Å². The van der Waals surface area contributed by atoms with Crippen molar-refractivity contribution < 1.29 is 13.9 Å². The summed E-state index contributed by atoms with van der Waals surface area (Å²) >= 11 is 6.29. The molecule has 1 aromatic carbocycles. The van der Waals surface area contributed by atoms with E-state index in [0.717, 1.165) is 12.8 Å². The highest BCUT2D eigenvalue weighted by atomic mass is 79.9. The summed E-state index contributed by atoms with van der Waals surface area (Å²) in [5, 5.41) is 11.3. The Balaban J connectivity index is 1.79. The fraction of sp³-hybridized carbons (Fsp3) is 0.312. The zero-order valence-corrected chi connectivity index (χ0v) is 16.6. The van der Waals surface area contributed by atoms with E-state index in [1.165, 1.54) is 12.1 Å². The third-order valence-electron chi connectivity index (χ3n) is 3.72. The summed E-state index contributed by atoms with van der Waals surface area (Å²) in [6.07, 6.45) is 2.30. The second kappa shape index (κ2) is 8.28. The van der Waals surface area contributed by atoms with Crippen molar-refractivity contribution >= 4 is 49.1 Å². The number of hydrogen-bond donors (Lipinski definition) is 3. The largest absolute Gasteiger partial charge is 0.361 e. The molecule has 3 N–H and O–H groups in total. The van der Waals surface area contributed by atoms with E-state index >= 15 is 0 Å². The predicted molar refractivity (Wildman–Crippen MR) is 101 cm³/mol. The maximum atomic E-state index is 14.1. The minimum atomic E-state index is -0.558. The molecule has 2 aromatic rings. The molecule has 1 fully saturated rings. The summed E-state index contributed by atoms with van der Waals surface area (Å²) in [5.41, 5.74) is -0.477. The Morgan fingerprint density at radius 1 is 1.38 bits per heavy atom. The fourth-order valence-corrected chi connectivity index (χ4v) is 2.85. The van der Waals surface area contributed by atoms with Crippen LogP contribution in [0.25, 0.3) is 0 Å². The first-order valence-electron chi connectivity index (χ1n) is 7.82. The van der Waals surface area contributed by atoms with Crippen molar-refractivity contribution in [2.75, 3.05) is 18.7 Å². The van der Waals surface area contributed by atoms with Crippen LogP contribution in [-0.2, 0) is 4.74 Å². The Labute approximate surface area is 165 Å². The number of nitrogens with one attached hydrogen (secondary N) is 3. The van der Waals surface area contributed by atoms with Crippen molar-refractivity contribution in [3.63, 3.8) is 0 Å². The number of amides is 1. The number of aromatic amines is 1. The highest BCUT2D eigenvalue weighted by Crippen LogP contribution is 2.29. The van der Waals surface area contributed by atoms with Gasteiger partial charge in [0.05, 0.1) is 18.0 Å². The molecule has 0 aliphatic heterocycles. The molecule has 1 amide bonds. The van der Waals surface area contributed by atoms with Crippen LogP contribution < -0.4 is 16.2 Å². The first-order chi connectivity index (χ1) is 12.5. The van der Waals surface area contributed by atoms with Crippen LogP contribution in [0.3, 0.4) is 0 Å². The van der Waals surface area contributed by atoms with Gasteiger partial charge in [-0.3, -0.25) is 9.59 Å². The first kappa shape index (κ1) is 19.0. The molecule has 0 spiro atoms. The molecule has 1 heterocycles. The molecule has 0 radical (unpaired) electrons. The van der Waals surface area contributed by atoms with Gasteiger partial charge >= 0.3 is 0 Å². The van der Waals surface area contributed by atoms with E-state index in [9.17, 15) is 14.0 Å². The van der Waals surface area contributed by atoms with Gasteiger partial charge in [-0.05, 0) is 52.9 Å². The molecule has 26 heavy (non-hydrogen) atoms. The first-order valence-corrected chi connectivity index (χ1v) is 9.40. The second-order valence-electron chi connectivity index (χ2n) is 5.80. The quantitative estimate of drug-likeness (QED) is 0.409. The number of rotatable bonds is 7. The fourth-order valence-electron chi connectivity index (χ4n) is 2.14. The smallest absolute Gasteiger partial charge is 0.280 e. The Hall–Kier alpha value is -1.78. The number of halogens is 3. The molecule has 0 bridgehead atoms. The van der Waals surface area contributed by atoms with E-state index < -0.39 is 17.3 Å². The number of nitrogens with zero attached hydrogens (tertiary/aromatic N) is 1. The number of aromatic nitrogens is 2. The number of carbonyl (C=O) groups is 1. The molecule has 3 rings (SSSR count). The van der Waals surface area contributed by atoms with E-state index in [1.807, 2.05) is 0 Å². The van der Waals surface area contributed by atoms with E-state index in [2.05, 4.69) is 52.7 Å². The van der Waals surface area contributed by atoms with E-state index in [4.69, 9.17) is 4.74 Å². The van der Waals surface area contributed by atoms with E-state index in [-0.39, 0.29) is 28.3 Å². The van der Waals surface area contributed by atoms with Crippen molar-refractivity contribution in [1.29, 1.82) is 0 Å². The van der Waals surface area contributed by atoms with Crippen LogP contribution in [-0.4, -0.2) is 29.4 Å². The summed E-state index contributed by atoms with van der Waals surface area (Å²) < 4.78 is 20.1. The van der Waals surface area contributed by atoms with Crippen LogP contribution >= 0.6 is 31.9 Å². The van der Waals surface area contributed by atoms with Crippen molar-refractivity contribution in [2.45, 2.75) is 12.8 Å². The minimum absolute atomic E-state index is 0.0276. The van der Waals surface area contributed by atoms with Crippen LogP contribution in [0.4, 0.5) is 15.8 Å². The average molecular weight is 490 g/mol. The van der Waals surface area contributed by atoms with Crippen LogP contribution in [0.15, 0.2) is 31.9 Å². The molecule has 0 atom stereocenters. The molecule has 7 nitrogen and oxygen atoms in total. The van der Waals surface area contributed by atoms with Gasteiger partial charge in [-0.2, -0.15) is 5.10 Å². The van der Waals surface area contributed by atoms with Crippen molar-refractivity contribution in [1.82, 2.24) is 15.5 Å². The van der Waals surface area contributed by atoms with Crippen LogP contribution in [0.2, 0.25) is 0 Å². The lowest BCUT2D eigenvalue weighted by atomic mass is 10.2. The number of benzene rings is 1. The maximum Gasteiger partial charge on any atom is 0.280 e. The summed E-state index contributed by atoms with van der Waals surface area (Å²) in [5.74, 6) is -0.534. The lowest BCUT2D eigenvalue weighted by Crippen LogP contribution is -2.30. The highest BCUT2D eigenvalue weighted by molar-refractivity contribution is 9.10. The average Bonchev–Trinajstić information content (AvgIpc) is 3.42. The van der Waals surface area contributed by atoms with E-state index in [0.29, 0.717) is 17.0 Å². The van der Waals surface area contributed by atoms with Crippen molar-refractivity contribution in [3.05, 3.63) is 49.0 Å². The summed E-state index contributed by atoms with van der Waals surface area (Å²) in [7, 11) is 0. The van der Waals surface area contributed by atoms with Gasteiger partial charge in [0.1, 0.15) is 17.0 Å². The topological polar surface area (TPSA) is 96.1 Å². The van der Waals surface area contributed by atoms with Crippen molar-refractivity contribution in [3.8, 4) is 0 Å². The number of H-pyrrole nitrogens is 1. The molecule has 1 aromatic heterocycles. The number of hydrogen-bond acceptors (Lipinski definition) is 5. The Kier molecular flexibility index (Phi) is 6.05. The molecule has 1 saturated carbocycles. The third kappa shape index (κ3) is 4.68. The summed E-state index contributed by atoms with van der Waals surface area (Å²) in [4.78, 5) is 24.2. The molecule has 1 aliphatic carbocycles. The highest BCUT2D eigenvalue weighted by Gasteiger charge is 2.22. The van der Waals surface area contributed by atoms with E-state index in [1.54, 1.807) is 6.07 Å². The normalized spacial score (nSPS) is 13.5. The Morgan fingerprint density at radius 2 is 2.15 bits per heavy atom. The third-order valence-corrected chi connectivity index (χ3v) is 4.97. The minimum Gasteiger partial charge on any atom is -0.361 e. The molecule has 0 saturated heterocycles. The van der Waals surface area contributed by atoms with Gasteiger partial charge in [0, 0.05) is 4.47 Å². The van der Waals surface area contributed by atoms with Crippen LogP contribution in [0, 0.1) is 11.7 Å². The lowest BCUT2D eigenvalue weighted by molar-refractivity contribution is 0.0763. The Bertz CT molecular complexity index is 886. The summed E-state index contributed by atoms with van der Waals surface area (Å²) in [6.45, 7) is 0.623. The molecular formula is C16H15Br2FN4O3. The maximum absolute atomic E-state index is 14.1. The molecule has 1 aliphatic rings. The standard InChI is InChI=1S/C16H15Br2FN4O3/c17-9-3-4-11(10(19)5-9)21-13-12(18)15(24)23-22-14(13)16(25)20-7-26-6-8-1-2-8/h3-5,8H,1-2,6-7H2,(H,20,25)(H2,21,23,24). The van der Waals surface area contributed by atoms with Gasteiger partial charge in [-0.1, -0.05) is 15.9 Å². The lowest BCUT2D eigenvalue weighted by Gasteiger charge is -2.13. The van der Waals surface area contributed by atoms with Crippen molar-refractivity contribution in [2.24, 2.45) is 5.92 Å². The zero-order chi connectivity index (χ0) is 18.7. The number of carbonyl (C=O) groups excluding carboxylic acids is 1. The molecular weight excluding hydrogens is 475 g/mol. The van der Waals surface area contributed by atoms with Crippen LogP contribution in [0.1, 0.15) is 23.3 Å². The van der Waals surface area contributed by atoms with Gasteiger partial charge in [0.2, 0.25) is 0 Å². The Morgan fingerprint density at radius 3 is 2.85 bits per heavy atom.